The van der Waals surface area contributed by atoms with Crippen LogP contribution in [0.15, 0.2) is 18.2 Å². The minimum absolute atomic E-state index is 0.0115. The maximum absolute atomic E-state index is 13.8. The van der Waals surface area contributed by atoms with Crippen molar-refractivity contribution in [3.8, 4) is 0 Å². The number of rotatable bonds is 6. The van der Waals surface area contributed by atoms with Gasteiger partial charge in [0.25, 0.3) is 0 Å². The Morgan fingerprint density at radius 3 is 2.83 bits per heavy atom. The quantitative estimate of drug-likeness (QED) is 0.860. The van der Waals surface area contributed by atoms with Crippen molar-refractivity contribution >= 4 is 17.5 Å². The molecule has 5 nitrogen and oxygen atoms in total. The Labute approximate surface area is 134 Å². The van der Waals surface area contributed by atoms with E-state index in [1.165, 1.54) is 11.0 Å². The standard InChI is InChI=1S/C16H21F2N3O2/c1-3-20(2)7-6-19-16(23)11-8-15(22)21(10-11)14-5-4-12(17)9-13(14)18/h4-5,9,11H,3,6-8,10H2,1-2H3,(H,19,23)/t11-/m1/s1. The van der Waals surface area contributed by atoms with Crippen molar-refractivity contribution in [2.45, 2.75) is 13.3 Å². The Kier molecular flexibility index (Phi) is 5.65. The number of amides is 2. The molecule has 0 bridgehead atoms. The van der Waals surface area contributed by atoms with E-state index in [4.69, 9.17) is 0 Å². The van der Waals surface area contributed by atoms with Crippen molar-refractivity contribution in [3.63, 3.8) is 0 Å². The third-order valence-electron chi connectivity index (χ3n) is 4.03. The zero-order chi connectivity index (χ0) is 17.0. The zero-order valence-electron chi connectivity index (χ0n) is 13.3. The van der Waals surface area contributed by atoms with Crippen LogP contribution in [0.3, 0.4) is 0 Å². The third kappa shape index (κ3) is 4.25. The molecule has 1 heterocycles. The number of hydrogen-bond donors (Lipinski definition) is 1. The first kappa shape index (κ1) is 17.3. The van der Waals surface area contributed by atoms with Crippen LogP contribution in [0.5, 0.6) is 0 Å². The van der Waals surface area contributed by atoms with Crippen LogP contribution in [0, 0.1) is 17.6 Å². The van der Waals surface area contributed by atoms with Crippen LogP contribution < -0.4 is 10.2 Å². The second kappa shape index (κ2) is 7.50. The molecule has 1 aliphatic rings. The van der Waals surface area contributed by atoms with Crippen molar-refractivity contribution in [1.29, 1.82) is 0 Å². The highest BCUT2D eigenvalue weighted by Gasteiger charge is 2.36. The average Bonchev–Trinajstić information content (AvgIpc) is 2.89. The molecule has 0 aliphatic carbocycles. The van der Waals surface area contributed by atoms with Crippen LogP contribution in [0.1, 0.15) is 13.3 Å². The minimum Gasteiger partial charge on any atom is -0.355 e. The Hall–Kier alpha value is -2.02. The Balaban J connectivity index is 1.95. The number of anilines is 1. The van der Waals surface area contributed by atoms with Gasteiger partial charge < -0.3 is 15.1 Å². The molecule has 126 valence electrons. The summed E-state index contributed by atoms with van der Waals surface area (Å²) in [6.07, 6.45) is 0.0340. The lowest BCUT2D eigenvalue weighted by atomic mass is 10.1. The number of carbonyl (C=O) groups excluding carboxylic acids is 2. The van der Waals surface area contributed by atoms with Crippen LogP contribution in [-0.2, 0) is 9.59 Å². The van der Waals surface area contributed by atoms with Gasteiger partial charge in [0.1, 0.15) is 11.6 Å². The van der Waals surface area contributed by atoms with Crippen molar-refractivity contribution in [3.05, 3.63) is 29.8 Å². The maximum atomic E-state index is 13.8. The predicted molar refractivity (Wildman–Crippen MR) is 83.0 cm³/mol. The smallest absolute Gasteiger partial charge is 0.227 e. The van der Waals surface area contributed by atoms with Gasteiger partial charge in [-0.05, 0) is 25.7 Å². The Morgan fingerprint density at radius 1 is 1.43 bits per heavy atom. The molecule has 0 spiro atoms. The molecule has 2 rings (SSSR count). The molecule has 1 saturated heterocycles. The van der Waals surface area contributed by atoms with Gasteiger partial charge in [0.2, 0.25) is 11.8 Å². The number of nitrogens with one attached hydrogen (secondary N) is 1. The summed E-state index contributed by atoms with van der Waals surface area (Å²) in [4.78, 5) is 27.4. The van der Waals surface area contributed by atoms with Gasteiger partial charge in [0.15, 0.2) is 0 Å². The number of benzene rings is 1. The molecular formula is C16H21F2N3O2. The second-order valence-corrected chi connectivity index (χ2v) is 5.69. The van der Waals surface area contributed by atoms with E-state index < -0.39 is 17.6 Å². The Bertz CT molecular complexity index is 595. The minimum atomic E-state index is -0.802. The lowest BCUT2D eigenvalue weighted by Crippen LogP contribution is -2.37. The molecule has 0 unspecified atom stereocenters. The van der Waals surface area contributed by atoms with Gasteiger partial charge in [-0.2, -0.15) is 0 Å². The molecule has 7 heteroatoms. The normalized spacial score (nSPS) is 17.9. The highest BCUT2D eigenvalue weighted by molar-refractivity contribution is 6.00. The predicted octanol–water partition coefficient (Wildman–Crippen LogP) is 1.39. The molecule has 1 fully saturated rings. The molecule has 23 heavy (non-hydrogen) atoms. The molecule has 1 aromatic rings. The first-order valence-corrected chi connectivity index (χ1v) is 7.64. The van der Waals surface area contributed by atoms with Crippen LogP contribution in [0.25, 0.3) is 0 Å². The van der Waals surface area contributed by atoms with E-state index in [0.29, 0.717) is 6.54 Å². The van der Waals surface area contributed by atoms with Gasteiger partial charge in [-0.1, -0.05) is 6.92 Å². The van der Waals surface area contributed by atoms with Crippen LogP contribution >= 0.6 is 0 Å². The summed E-state index contributed by atoms with van der Waals surface area (Å²) in [6.45, 7) is 4.23. The first-order valence-electron chi connectivity index (χ1n) is 7.64. The van der Waals surface area contributed by atoms with Gasteiger partial charge >= 0.3 is 0 Å². The molecule has 1 aliphatic heterocycles. The number of hydrogen-bond acceptors (Lipinski definition) is 3. The van der Waals surface area contributed by atoms with Gasteiger partial charge in [-0.25, -0.2) is 8.78 Å². The Morgan fingerprint density at radius 2 is 2.17 bits per heavy atom. The summed E-state index contributed by atoms with van der Waals surface area (Å²) in [6, 6.07) is 3.05. The summed E-state index contributed by atoms with van der Waals surface area (Å²) in [7, 11) is 1.95. The van der Waals surface area contributed by atoms with Gasteiger partial charge in [0.05, 0.1) is 11.6 Å². The number of likely N-dealkylation sites (N-methyl/N-ethyl adjacent to an activating group) is 1. The molecule has 1 aromatic carbocycles. The van der Waals surface area contributed by atoms with E-state index in [-0.39, 0.29) is 30.5 Å². The molecule has 0 radical (unpaired) electrons. The van der Waals surface area contributed by atoms with E-state index in [2.05, 4.69) is 10.2 Å². The topological polar surface area (TPSA) is 52.7 Å². The third-order valence-corrected chi connectivity index (χ3v) is 4.03. The highest BCUT2D eigenvalue weighted by Crippen LogP contribution is 2.27. The summed E-state index contributed by atoms with van der Waals surface area (Å²) >= 11 is 0. The fraction of sp³-hybridized carbons (Fsp3) is 0.500. The number of nitrogens with zero attached hydrogens (tertiary/aromatic N) is 2. The highest BCUT2D eigenvalue weighted by atomic mass is 19.1. The molecular weight excluding hydrogens is 304 g/mol. The van der Waals surface area contributed by atoms with E-state index in [0.717, 1.165) is 25.2 Å². The van der Waals surface area contributed by atoms with Crippen LogP contribution in [0.2, 0.25) is 0 Å². The summed E-state index contributed by atoms with van der Waals surface area (Å²) in [5, 5.41) is 2.79. The first-order chi connectivity index (χ1) is 10.9. The molecule has 2 amide bonds. The zero-order valence-corrected chi connectivity index (χ0v) is 13.3. The molecule has 1 atom stereocenters. The number of carbonyl (C=O) groups is 2. The summed E-state index contributed by atoms with van der Waals surface area (Å²) in [5.41, 5.74) is 0.0115. The van der Waals surface area contributed by atoms with E-state index in [9.17, 15) is 18.4 Å². The van der Waals surface area contributed by atoms with E-state index in [1.807, 2.05) is 14.0 Å². The van der Waals surface area contributed by atoms with Crippen molar-refractivity contribution < 1.29 is 18.4 Å². The van der Waals surface area contributed by atoms with Crippen molar-refractivity contribution in [2.24, 2.45) is 5.92 Å². The fourth-order valence-corrected chi connectivity index (χ4v) is 2.49. The lowest BCUT2D eigenvalue weighted by Gasteiger charge is -2.18. The van der Waals surface area contributed by atoms with E-state index in [1.54, 1.807) is 0 Å². The SMILES string of the molecule is CCN(C)CCNC(=O)[C@@H]1CC(=O)N(c2ccc(F)cc2F)C1. The van der Waals surface area contributed by atoms with E-state index >= 15 is 0 Å². The maximum Gasteiger partial charge on any atom is 0.227 e. The van der Waals surface area contributed by atoms with Gasteiger partial charge in [0, 0.05) is 32.1 Å². The van der Waals surface area contributed by atoms with Crippen molar-refractivity contribution in [1.82, 2.24) is 10.2 Å². The molecule has 0 aromatic heterocycles. The summed E-state index contributed by atoms with van der Waals surface area (Å²) < 4.78 is 26.8. The van der Waals surface area contributed by atoms with Gasteiger partial charge in [-0.15, -0.1) is 0 Å². The average molecular weight is 325 g/mol. The van der Waals surface area contributed by atoms with Crippen LogP contribution in [-0.4, -0.2) is 49.9 Å². The molecule has 1 N–H and O–H groups in total. The van der Waals surface area contributed by atoms with Crippen LogP contribution in [0.4, 0.5) is 14.5 Å². The lowest BCUT2D eigenvalue weighted by molar-refractivity contribution is -0.126. The number of halogens is 2. The monoisotopic (exact) mass is 325 g/mol. The van der Waals surface area contributed by atoms with Crippen molar-refractivity contribution in [2.75, 3.05) is 38.1 Å². The largest absolute Gasteiger partial charge is 0.355 e. The fourth-order valence-electron chi connectivity index (χ4n) is 2.49. The summed E-state index contributed by atoms with van der Waals surface area (Å²) in [5.74, 6) is -2.57. The second-order valence-electron chi connectivity index (χ2n) is 5.69. The van der Waals surface area contributed by atoms with Gasteiger partial charge in [-0.3, -0.25) is 9.59 Å². The molecule has 0 saturated carbocycles.